The number of hydrogen-bond acceptors (Lipinski definition) is 4. The summed E-state index contributed by atoms with van der Waals surface area (Å²) in [7, 11) is -3.61. The second-order valence-corrected chi connectivity index (χ2v) is 7.51. The van der Waals surface area contributed by atoms with E-state index < -0.39 is 10.0 Å². The van der Waals surface area contributed by atoms with Crippen molar-refractivity contribution in [2.75, 3.05) is 13.1 Å². The number of carbonyl (C=O) groups is 1. The van der Waals surface area contributed by atoms with Gasteiger partial charge in [-0.05, 0) is 42.3 Å². The van der Waals surface area contributed by atoms with E-state index in [4.69, 9.17) is 0 Å². The van der Waals surface area contributed by atoms with Crippen LogP contribution in [0.25, 0.3) is 0 Å². The molecule has 1 amide bonds. The molecule has 0 aliphatic rings. The third-order valence-corrected chi connectivity index (χ3v) is 6.17. The average Bonchev–Trinajstić information content (AvgIpc) is 2.61. The van der Waals surface area contributed by atoms with Gasteiger partial charge >= 0.3 is 0 Å². The van der Waals surface area contributed by atoms with Crippen LogP contribution in [0.4, 0.5) is 0 Å². The smallest absolute Gasteiger partial charge is 0.251 e. The molecule has 2 rings (SSSR count). The molecule has 1 heterocycles. The fourth-order valence-electron chi connectivity index (χ4n) is 2.51. The second kappa shape index (κ2) is 8.22. The van der Waals surface area contributed by atoms with E-state index in [1.165, 1.54) is 10.4 Å². The summed E-state index contributed by atoms with van der Waals surface area (Å²) >= 11 is 0. The second-order valence-electron chi connectivity index (χ2n) is 5.61. The van der Waals surface area contributed by atoms with E-state index >= 15 is 0 Å². The van der Waals surface area contributed by atoms with E-state index in [9.17, 15) is 13.2 Å². The van der Waals surface area contributed by atoms with Crippen LogP contribution < -0.4 is 5.32 Å². The average molecular weight is 361 g/mol. The van der Waals surface area contributed by atoms with Crippen LogP contribution in [-0.2, 0) is 16.6 Å². The molecule has 0 aliphatic carbocycles. The minimum absolute atomic E-state index is 0.174. The minimum Gasteiger partial charge on any atom is -0.348 e. The first-order valence-corrected chi connectivity index (χ1v) is 9.62. The Bertz CT molecular complexity index is 832. The van der Waals surface area contributed by atoms with E-state index in [-0.39, 0.29) is 10.8 Å². The zero-order valence-corrected chi connectivity index (χ0v) is 15.5. The molecule has 1 N–H and O–H groups in total. The highest BCUT2D eigenvalue weighted by Crippen LogP contribution is 2.21. The van der Waals surface area contributed by atoms with Gasteiger partial charge in [0.1, 0.15) is 0 Å². The lowest BCUT2D eigenvalue weighted by atomic mass is 10.1. The molecule has 0 saturated heterocycles. The zero-order valence-electron chi connectivity index (χ0n) is 14.7. The number of nitrogens with zero attached hydrogens (tertiary/aromatic N) is 2. The summed E-state index contributed by atoms with van der Waals surface area (Å²) in [4.78, 5) is 16.5. The summed E-state index contributed by atoms with van der Waals surface area (Å²) in [5, 5.41) is 2.80. The largest absolute Gasteiger partial charge is 0.348 e. The Morgan fingerprint density at radius 2 is 1.76 bits per heavy atom. The molecule has 0 saturated carbocycles. The summed E-state index contributed by atoms with van der Waals surface area (Å²) in [6, 6.07) is 8.37. The van der Waals surface area contributed by atoms with Gasteiger partial charge in [0, 0.05) is 37.6 Å². The highest BCUT2D eigenvalue weighted by Gasteiger charge is 2.24. The first-order valence-electron chi connectivity index (χ1n) is 8.18. The van der Waals surface area contributed by atoms with E-state index in [0.717, 1.165) is 5.56 Å². The summed E-state index contributed by atoms with van der Waals surface area (Å²) in [6.45, 7) is 6.44. The molecule has 25 heavy (non-hydrogen) atoms. The SMILES string of the molecule is CCN(CC)S(=O)(=O)c1cc(C(=O)NCc2ccncc2)ccc1C. The van der Waals surface area contributed by atoms with Crippen molar-refractivity contribution in [2.45, 2.75) is 32.2 Å². The van der Waals surface area contributed by atoms with Crippen molar-refractivity contribution < 1.29 is 13.2 Å². The van der Waals surface area contributed by atoms with Crippen molar-refractivity contribution in [3.05, 3.63) is 59.4 Å². The van der Waals surface area contributed by atoms with Gasteiger partial charge in [0.2, 0.25) is 10.0 Å². The maximum Gasteiger partial charge on any atom is 0.251 e. The number of rotatable bonds is 7. The third-order valence-electron chi connectivity index (χ3n) is 3.98. The van der Waals surface area contributed by atoms with E-state index in [1.807, 2.05) is 12.1 Å². The highest BCUT2D eigenvalue weighted by atomic mass is 32.2. The molecule has 0 unspecified atom stereocenters. The molecule has 0 atom stereocenters. The third kappa shape index (κ3) is 4.43. The van der Waals surface area contributed by atoms with Gasteiger partial charge in [-0.15, -0.1) is 0 Å². The number of aryl methyl sites for hydroxylation is 1. The van der Waals surface area contributed by atoms with Crippen LogP contribution in [0.3, 0.4) is 0 Å². The van der Waals surface area contributed by atoms with Gasteiger partial charge in [-0.3, -0.25) is 9.78 Å². The van der Waals surface area contributed by atoms with Crippen molar-refractivity contribution in [3.63, 3.8) is 0 Å². The maximum absolute atomic E-state index is 12.8. The van der Waals surface area contributed by atoms with Crippen molar-refractivity contribution in [3.8, 4) is 0 Å². The molecule has 1 aromatic heterocycles. The Balaban J connectivity index is 2.24. The van der Waals surface area contributed by atoms with E-state index in [0.29, 0.717) is 30.8 Å². The molecule has 0 radical (unpaired) electrons. The topological polar surface area (TPSA) is 79.4 Å². The Hall–Kier alpha value is -2.25. The molecule has 2 aromatic rings. The number of nitrogens with one attached hydrogen (secondary N) is 1. The minimum atomic E-state index is -3.61. The number of sulfonamides is 1. The standard InChI is InChI=1S/C18H23N3O3S/c1-4-21(5-2)25(23,24)17-12-16(7-6-14(17)3)18(22)20-13-15-8-10-19-11-9-15/h6-12H,4-5,13H2,1-3H3,(H,20,22). The molecular weight excluding hydrogens is 338 g/mol. The zero-order chi connectivity index (χ0) is 18.4. The quantitative estimate of drug-likeness (QED) is 0.821. The lowest BCUT2D eigenvalue weighted by Gasteiger charge is -2.20. The Morgan fingerprint density at radius 1 is 1.12 bits per heavy atom. The predicted octanol–water partition coefficient (Wildman–Crippen LogP) is 2.35. The molecule has 0 aliphatic heterocycles. The Kier molecular flexibility index (Phi) is 6.27. The first-order chi connectivity index (χ1) is 11.9. The van der Waals surface area contributed by atoms with Gasteiger partial charge in [-0.2, -0.15) is 4.31 Å². The van der Waals surface area contributed by atoms with E-state index in [2.05, 4.69) is 10.3 Å². The lowest BCUT2D eigenvalue weighted by Crippen LogP contribution is -2.31. The molecule has 6 nitrogen and oxygen atoms in total. The number of pyridine rings is 1. The number of benzene rings is 1. The fourth-order valence-corrected chi connectivity index (χ4v) is 4.22. The van der Waals surface area contributed by atoms with Gasteiger partial charge < -0.3 is 5.32 Å². The van der Waals surface area contributed by atoms with Crippen molar-refractivity contribution >= 4 is 15.9 Å². The van der Waals surface area contributed by atoms with Crippen LogP contribution in [0.15, 0.2) is 47.6 Å². The van der Waals surface area contributed by atoms with E-state index in [1.54, 1.807) is 45.3 Å². The van der Waals surface area contributed by atoms with Gasteiger partial charge in [-0.1, -0.05) is 19.9 Å². The Labute approximate surface area is 148 Å². The number of amides is 1. The van der Waals surface area contributed by atoms with Gasteiger partial charge in [0.25, 0.3) is 5.91 Å². The van der Waals surface area contributed by atoms with Gasteiger partial charge in [-0.25, -0.2) is 8.42 Å². The summed E-state index contributed by atoms with van der Waals surface area (Å²) < 4.78 is 26.9. The van der Waals surface area contributed by atoms with Crippen LogP contribution in [-0.4, -0.2) is 36.7 Å². The number of aromatic nitrogens is 1. The summed E-state index contributed by atoms with van der Waals surface area (Å²) in [5.41, 5.74) is 1.87. The molecule has 1 aromatic carbocycles. The van der Waals surface area contributed by atoms with Crippen LogP contribution in [0.2, 0.25) is 0 Å². The fraction of sp³-hybridized carbons (Fsp3) is 0.333. The van der Waals surface area contributed by atoms with Gasteiger partial charge in [0.15, 0.2) is 0 Å². The van der Waals surface area contributed by atoms with Crippen molar-refractivity contribution in [1.29, 1.82) is 0 Å². The Morgan fingerprint density at radius 3 is 2.36 bits per heavy atom. The summed E-state index contributed by atoms with van der Waals surface area (Å²) in [6.07, 6.45) is 3.31. The number of hydrogen-bond donors (Lipinski definition) is 1. The molecule has 0 spiro atoms. The van der Waals surface area contributed by atoms with Gasteiger partial charge in [0.05, 0.1) is 4.90 Å². The lowest BCUT2D eigenvalue weighted by molar-refractivity contribution is 0.0950. The molecule has 0 bridgehead atoms. The molecule has 0 fully saturated rings. The predicted molar refractivity (Wildman–Crippen MR) is 96.7 cm³/mol. The van der Waals surface area contributed by atoms with Crippen molar-refractivity contribution in [2.24, 2.45) is 0 Å². The maximum atomic E-state index is 12.8. The van der Waals surface area contributed by atoms with Crippen LogP contribution in [0.1, 0.15) is 35.3 Å². The first kappa shape index (κ1) is 19.1. The summed E-state index contributed by atoms with van der Waals surface area (Å²) in [5.74, 6) is -0.312. The monoisotopic (exact) mass is 361 g/mol. The van der Waals surface area contributed by atoms with Crippen LogP contribution in [0, 0.1) is 6.92 Å². The number of carbonyl (C=O) groups excluding carboxylic acids is 1. The normalized spacial score (nSPS) is 11.5. The molecular formula is C18H23N3O3S. The highest BCUT2D eigenvalue weighted by molar-refractivity contribution is 7.89. The van der Waals surface area contributed by atoms with Crippen LogP contribution >= 0.6 is 0 Å². The molecule has 7 heteroatoms. The van der Waals surface area contributed by atoms with Crippen molar-refractivity contribution in [1.82, 2.24) is 14.6 Å². The molecule has 134 valence electrons. The van der Waals surface area contributed by atoms with Crippen LogP contribution in [0.5, 0.6) is 0 Å².